The number of carbonyl (C=O) groups is 1. The van der Waals surface area contributed by atoms with E-state index in [-0.39, 0.29) is 34.1 Å². The van der Waals surface area contributed by atoms with Crippen molar-refractivity contribution < 1.29 is 27.6 Å². The molecular formula is C25H27N3O7S. The lowest BCUT2D eigenvalue weighted by Crippen LogP contribution is -2.39. The van der Waals surface area contributed by atoms with E-state index in [2.05, 4.69) is 5.32 Å². The Morgan fingerprint density at radius 2 is 1.69 bits per heavy atom. The molecule has 0 unspecified atom stereocenters. The number of hydrogen-bond donors (Lipinski definition) is 1. The molecule has 0 bridgehead atoms. The summed E-state index contributed by atoms with van der Waals surface area (Å²) in [6.45, 7) is 1.05. The van der Waals surface area contributed by atoms with E-state index < -0.39 is 27.4 Å². The van der Waals surface area contributed by atoms with Gasteiger partial charge in [0.2, 0.25) is 15.9 Å². The molecule has 0 saturated heterocycles. The summed E-state index contributed by atoms with van der Waals surface area (Å²) in [6.07, 6.45) is 0.372. The summed E-state index contributed by atoms with van der Waals surface area (Å²) in [5.41, 5.74) is 1.27. The van der Waals surface area contributed by atoms with Crippen molar-refractivity contribution in [1.29, 1.82) is 0 Å². The number of ether oxygens (including phenoxy) is 2. The molecule has 3 aromatic rings. The minimum atomic E-state index is -4.12. The highest BCUT2D eigenvalue weighted by Gasteiger charge is 2.28. The number of benzene rings is 3. The number of nitrogens with one attached hydrogen (secondary N) is 1. The van der Waals surface area contributed by atoms with Crippen LogP contribution >= 0.6 is 0 Å². The van der Waals surface area contributed by atoms with E-state index in [4.69, 9.17) is 9.47 Å². The fourth-order valence-electron chi connectivity index (χ4n) is 3.62. The van der Waals surface area contributed by atoms with Gasteiger partial charge >= 0.3 is 0 Å². The van der Waals surface area contributed by atoms with Crippen molar-refractivity contribution in [2.45, 2.75) is 18.2 Å². The van der Waals surface area contributed by atoms with E-state index in [0.717, 1.165) is 9.87 Å². The van der Waals surface area contributed by atoms with Crippen molar-refractivity contribution in [1.82, 2.24) is 4.31 Å². The summed E-state index contributed by atoms with van der Waals surface area (Å²) in [5.74, 6) is -0.0276. The molecule has 1 N–H and O–H groups in total. The zero-order valence-electron chi connectivity index (χ0n) is 20.1. The molecule has 0 radical (unpaired) electrons. The SMILES string of the molecule is COc1ccc(S(=O)(=O)N(CCc2ccccc2)CC(=O)Nc2cccc([N+](=O)[O-])c2C)cc1OC. The number of carbonyl (C=O) groups excluding carboxylic acids is 1. The Bertz CT molecular complexity index is 1350. The third-order valence-electron chi connectivity index (χ3n) is 5.58. The number of nitro groups is 1. The van der Waals surface area contributed by atoms with Crippen LogP contribution in [0.1, 0.15) is 11.1 Å². The van der Waals surface area contributed by atoms with Gasteiger partial charge in [-0.2, -0.15) is 4.31 Å². The fraction of sp³-hybridized carbons (Fsp3) is 0.240. The number of methoxy groups -OCH3 is 2. The molecule has 36 heavy (non-hydrogen) atoms. The van der Waals surface area contributed by atoms with Crippen molar-refractivity contribution in [2.24, 2.45) is 0 Å². The summed E-state index contributed by atoms with van der Waals surface area (Å²) in [4.78, 5) is 23.6. The van der Waals surface area contributed by atoms with Gasteiger partial charge in [0, 0.05) is 18.7 Å². The van der Waals surface area contributed by atoms with Crippen LogP contribution in [-0.4, -0.2) is 50.9 Å². The first kappa shape index (κ1) is 26.6. The Balaban J connectivity index is 1.90. The average molecular weight is 514 g/mol. The lowest BCUT2D eigenvalue weighted by Gasteiger charge is -2.23. The Morgan fingerprint density at radius 1 is 1.00 bits per heavy atom. The normalized spacial score (nSPS) is 11.2. The van der Waals surface area contributed by atoms with Crippen LogP contribution in [-0.2, 0) is 21.2 Å². The predicted octanol–water partition coefficient (Wildman–Crippen LogP) is 3.79. The summed E-state index contributed by atoms with van der Waals surface area (Å²) in [6, 6.07) is 17.8. The van der Waals surface area contributed by atoms with Crippen molar-refractivity contribution >= 4 is 27.3 Å². The molecule has 0 aliphatic heterocycles. The molecule has 0 spiro atoms. The Kier molecular flexibility index (Phi) is 8.62. The van der Waals surface area contributed by atoms with E-state index in [1.54, 1.807) is 0 Å². The molecule has 190 valence electrons. The van der Waals surface area contributed by atoms with Gasteiger partial charge in [0.1, 0.15) is 0 Å². The minimum absolute atomic E-state index is 0.0298. The standard InChI is InChI=1S/C25H27N3O7S/c1-18-21(10-7-11-22(18)28(30)31)26-25(29)17-27(15-14-19-8-5-4-6-9-19)36(32,33)20-12-13-23(34-2)24(16-20)35-3/h4-13,16H,14-15,17H2,1-3H3,(H,26,29). The van der Waals surface area contributed by atoms with Crippen molar-refractivity contribution in [3.63, 3.8) is 0 Å². The second-order valence-electron chi connectivity index (χ2n) is 7.85. The van der Waals surface area contributed by atoms with Crippen LogP contribution in [0.15, 0.2) is 71.6 Å². The van der Waals surface area contributed by atoms with Crippen LogP contribution in [0, 0.1) is 17.0 Å². The quantitative estimate of drug-likeness (QED) is 0.305. The van der Waals surface area contributed by atoms with E-state index in [1.807, 2.05) is 30.3 Å². The highest BCUT2D eigenvalue weighted by atomic mass is 32.2. The highest BCUT2D eigenvalue weighted by molar-refractivity contribution is 7.89. The van der Waals surface area contributed by atoms with Gasteiger partial charge in [0.15, 0.2) is 11.5 Å². The lowest BCUT2D eigenvalue weighted by molar-refractivity contribution is -0.385. The smallest absolute Gasteiger partial charge is 0.274 e. The third-order valence-corrected chi connectivity index (χ3v) is 7.42. The Hall–Kier alpha value is -3.96. The molecule has 3 rings (SSSR count). The lowest BCUT2D eigenvalue weighted by atomic mass is 10.1. The van der Waals surface area contributed by atoms with Crippen LogP contribution in [0.4, 0.5) is 11.4 Å². The van der Waals surface area contributed by atoms with Gasteiger partial charge in [0.05, 0.1) is 41.8 Å². The zero-order chi connectivity index (χ0) is 26.3. The summed E-state index contributed by atoms with van der Waals surface area (Å²) in [5, 5.41) is 13.8. The Morgan fingerprint density at radius 3 is 2.33 bits per heavy atom. The Labute approximate surface area is 209 Å². The average Bonchev–Trinajstić information content (AvgIpc) is 2.87. The molecule has 0 aromatic heterocycles. The summed E-state index contributed by atoms with van der Waals surface area (Å²) in [7, 11) is -1.28. The summed E-state index contributed by atoms with van der Waals surface area (Å²) < 4.78 is 38.7. The van der Waals surface area contributed by atoms with Crippen molar-refractivity contribution in [2.75, 3.05) is 32.6 Å². The largest absolute Gasteiger partial charge is 0.493 e. The van der Waals surface area contributed by atoms with Gasteiger partial charge in [-0.3, -0.25) is 14.9 Å². The maximum Gasteiger partial charge on any atom is 0.274 e. The molecule has 0 atom stereocenters. The third kappa shape index (κ3) is 6.18. The van der Waals surface area contributed by atoms with E-state index >= 15 is 0 Å². The number of hydrogen-bond acceptors (Lipinski definition) is 7. The first-order valence-electron chi connectivity index (χ1n) is 11.0. The maximum atomic E-state index is 13.6. The molecule has 0 heterocycles. The highest BCUT2D eigenvalue weighted by Crippen LogP contribution is 2.31. The molecule has 0 fully saturated rings. The van der Waals surface area contributed by atoms with Gasteiger partial charge in [-0.1, -0.05) is 36.4 Å². The first-order chi connectivity index (χ1) is 17.2. The number of sulfonamides is 1. The minimum Gasteiger partial charge on any atom is -0.493 e. The molecular weight excluding hydrogens is 486 g/mol. The van der Waals surface area contributed by atoms with Crippen LogP contribution in [0.3, 0.4) is 0 Å². The molecule has 0 aliphatic rings. The number of nitro benzene ring substituents is 1. The second-order valence-corrected chi connectivity index (χ2v) is 9.78. The molecule has 3 aromatic carbocycles. The first-order valence-corrected chi connectivity index (χ1v) is 12.4. The predicted molar refractivity (Wildman–Crippen MR) is 135 cm³/mol. The second kappa shape index (κ2) is 11.6. The molecule has 1 amide bonds. The zero-order valence-corrected chi connectivity index (χ0v) is 20.9. The van der Waals surface area contributed by atoms with Crippen LogP contribution in [0.2, 0.25) is 0 Å². The number of rotatable bonds is 11. The van der Waals surface area contributed by atoms with Crippen LogP contribution < -0.4 is 14.8 Å². The van der Waals surface area contributed by atoms with Crippen LogP contribution in [0.5, 0.6) is 11.5 Å². The van der Waals surface area contributed by atoms with Crippen LogP contribution in [0.25, 0.3) is 0 Å². The van der Waals surface area contributed by atoms with E-state index in [9.17, 15) is 23.3 Å². The van der Waals surface area contributed by atoms with E-state index in [1.165, 1.54) is 57.5 Å². The van der Waals surface area contributed by atoms with Gasteiger partial charge < -0.3 is 14.8 Å². The number of anilines is 1. The molecule has 0 aliphatic carbocycles. The van der Waals surface area contributed by atoms with Crippen molar-refractivity contribution in [3.05, 3.63) is 88.0 Å². The van der Waals surface area contributed by atoms with Gasteiger partial charge in [0.25, 0.3) is 5.69 Å². The summed E-state index contributed by atoms with van der Waals surface area (Å²) >= 11 is 0. The fourth-order valence-corrected chi connectivity index (χ4v) is 5.03. The van der Waals surface area contributed by atoms with Gasteiger partial charge in [-0.25, -0.2) is 8.42 Å². The number of amides is 1. The topological polar surface area (TPSA) is 128 Å². The maximum absolute atomic E-state index is 13.6. The monoisotopic (exact) mass is 513 g/mol. The molecule has 11 heteroatoms. The van der Waals surface area contributed by atoms with Gasteiger partial charge in [-0.15, -0.1) is 0 Å². The van der Waals surface area contributed by atoms with Crippen molar-refractivity contribution in [3.8, 4) is 11.5 Å². The molecule has 0 saturated carbocycles. The number of nitrogens with zero attached hydrogens (tertiary/aromatic N) is 2. The van der Waals surface area contributed by atoms with E-state index in [0.29, 0.717) is 12.2 Å². The molecule has 10 nitrogen and oxygen atoms in total. The van der Waals surface area contributed by atoms with Gasteiger partial charge in [-0.05, 0) is 37.1 Å².